The van der Waals surface area contributed by atoms with Crippen molar-refractivity contribution in [3.8, 4) is 0 Å². The molecule has 1 aromatic carbocycles. The van der Waals surface area contributed by atoms with Gasteiger partial charge in [-0.15, -0.1) is 0 Å². The number of nitrogens with zero attached hydrogens (tertiary/aromatic N) is 2. The molecular formula is C25H39N7O5. The van der Waals surface area contributed by atoms with E-state index in [1.807, 2.05) is 30.3 Å². The van der Waals surface area contributed by atoms with Crippen molar-refractivity contribution in [1.82, 2.24) is 15.5 Å². The number of rotatable bonds is 13. The minimum absolute atomic E-state index is 0.0459. The molecule has 37 heavy (non-hydrogen) atoms. The number of hydrogen-bond donors (Lipinski definition) is 6. The summed E-state index contributed by atoms with van der Waals surface area (Å²) in [7, 11) is 0. The Labute approximate surface area is 217 Å². The molecule has 1 aliphatic rings. The highest BCUT2D eigenvalue weighted by molar-refractivity contribution is 5.94. The molecule has 3 amide bonds. The van der Waals surface area contributed by atoms with E-state index in [9.17, 15) is 24.3 Å². The summed E-state index contributed by atoms with van der Waals surface area (Å²) in [6, 6.07) is 5.39. The number of carboxylic acid groups (broad SMARTS) is 1. The van der Waals surface area contributed by atoms with Gasteiger partial charge in [0.15, 0.2) is 5.96 Å². The lowest BCUT2D eigenvalue weighted by atomic mass is 9.99. The Balaban J connectivity index is 2.15. The van der Waals surface area contributed by atoms with E-state index in [4.69, 9.17) is 17.2 Å². The second-order valence-corrected chi connectivity index (χ2v) is 9.56. The van der Waals surface area contributed by atoms with E-state index in [2.05, 4.69) is 15.6 Å². The third-order valence-corrected chi connectivity index (χ3v) is 6.27. The van der Waals surface area contributed by atoms with E-state index in [0.29, 0.717) is 38.8 Å². The number of guanidine groups is 1. The molecule has 9 N–H and O–H groups in total. The van der Waals surface area contributed by atoms with Crippen molar-refractivity contribution in [2.75, 3.05) is 13.1 Å². The van der Waals surface area contributed by atoms with Crippen LogP contribution in [0.1, 0.15) is 45.1 Å². The fourth-order valence-corrected chi connectivity index (χ4v) is 4.22. The van der Waals surface area contributed by atoms with Gasteiger partial charge >= 0.3 is 5.97 Å². The van der Waals surface area contributed by atoms with Crippen molar-refractivity contribution in [2.45, 2.75) is 70.1 Å². The Morgan fingerprint density at radius 1 is 1.11 bits per heavy atom. The molecule has 0 radical (unpaired) electrons. The standard InChI is InChI=1S/C25H39N7O5/c1-15(2)20(23(35)32-13-7-11-19(32)24(36)37)31-22(34)18(14-16-8-4-3-5-9-16)30-21(33)17(26)10-6-12-29-25(27)28/h3-5,8-9,15,17-20H,6-7,10-14,26H2,1-2H3,(H,30,33)(H,31,34)(H,36,37)(H4,27,28,29). The number of nitrogens with one attached hydrogen (secondary N) is 2. The summed E-state index contributed by atoms with van der Waals surface area (Å²) in [5.41, 5.74) is 17.4. The van der Waals surface area contributed by atoms with Crippen LogP contribution >= 0.6 is 0 Å². The molecule has 1 saturated heterocycles. The third kappa shape index (κ3) is 9.05. The summed E-state index contributed by atoms with van der Waals surface area (Å²) in [4.78, 5) is 56.2. The number of benzene rings is 1. The molecule has 12 nitrogen and oxygen atoms in total. The van der Waals surface area contributed by atoms with Crippen LogP contribution in [0, 0.1) is 5.92 Å². The van der Waals surface area contributed by atoms with Crippen LogP contribution in [0.4, 0.5) is 0 Å². The Hall–Kier alpha value is -3.67. The largest absolute Gasteiger partial charge is 0.480 e. The monoisotopic (exact) mass is 517 g/mol. The third-order valence-electron chi connectivity index (χ3n) is 6.27. The predicted octanol–water partition coefficient (Wildman–Crippen LogP) is -0.689. The minimum atomic E-state index is -1.07. The first-order valence-corrected chi connectivity index (χ1v) is 12.5. The van der Waals surface area contributed by atoms with Crippen LogP contribution < -0.4 is 27.8 Å². The van der Waals surface area contributed by atoms with Gasteiger partial charge in [0.05, 0.1) is 6.04 Å². The second kappa shape index (κ2) is 14.2. The lowest BCUT2D eigenvalue weighted by molar-refractivity contribution is -0.150. The quantitative estimate of drug-likeness (QED) is 0.112. The van der Waals surface area contributed by atoms with Gasteiger partial charge < -0.3 is 37.8 Å². The highest BCUT2D eigenvalue weighted by atomic mass is 16.4. The number of nitrogens with two attached hydrogens (primary N) is 3. The first-order valence-electron chi connectivity index (χ1n) is 12.5. The van der Waals surface area contributed by atoms with Gasteiger partial charge in [0, 0.05) is 19.5 Å². The molecule has 0 aromatic heterocycles. The van der Waals surface area contributed by atoms with Gasteiger partial charge in [-0.3, -0.25) is 19.4 Å². The average molecular weight is 518 g/mol. The predicted molar refractivity (Wildman–Crippen MR) is 139 cm³/mol. The van der Waals surface area contributed by atoms with Gasteiger partial charge in [0.25, 0.3) is 0 Å². The van der Waals surface area contributed by atoms with Crippen LogP contribution in [-0.2, 0) is 25.6 Å². The molecule has 1 fully saturated rings. The zero-order chi connectivity index (χ0) is 27.5. The second-order valence-electron chi connectivity index (χ2n) is 9.56. The summed E-state index contributed by atoms with van der Waals surface area (Å²) in [5, 5.41) is 15.0. The van der Waals surface area contributed by atoms with Crippen LogP contribution in [0.5, 0.6) is 0 Å². The van der Waals surface area contributed by atoms with Gasteiger partial charge in [-0.1, -0.05) is 44.2 Å². The number of likely N-dealkylation sites (tertiary alicyclic amines) is 1. The first kappa shape index (κ1) is 29.6. The van der Waals surface area contributed by atoms with Crippen LogP contribution in [-0.4, -0.2) is 76.9 Å². The summed E-state index contributed by atoms with van der Waals surface area (Å²) in [5.74, 6) is -2.94. The van der Waals surface area contributed by atoms with Crippen LogP contribution in [0.3, 0.4) is 0 Å². The molecule has 12 heteroatoms. The van der Waals surface area contributed by atoms with E-state index in [-0.39, 0.29) is 18.3 Å². The Morgan fingerprint density at radius 2 is 1.78 bits per heavy atom. The van der Waals surface area contributed by atoms with E-state index >= 15 is 0 Å². The molecular weight excluding hydrogens is 478 g/mol. The normalized spacial score (nSPS) is 17.5. The van der Waals surface area contributed by atoms with Crippen molar-refractivity contribution in [1.29, 1.82) is 0 Å². The lowest BCUT2D eigenvalue weighted by Gasteiger charge is -2.31. The fraction of sp³-hybridized carbons (Fsp3) is 0.560. The summed E-state index contributed by atoms with van der Waals surface area (Å²) in [6.45, 7) is 4.18. The molecule has 4 unspecified atom stereocenters. The molecule has 1 aromatic rings. The Kier molecular flexibility index (Phi) is 11.3. The van der Waals surface area contributed by atoms with Crippen molar-refractivity contribution in [3.05, 3.63) is 35.9 Å². The number of carboxylic acids is 1. The average Bonchev–Trinajstić information content (AvgIpc) is 3.35. The molecule has 204 valence electrons. The number of amides is 3. The first-order chi connectivity index (χ1) is 17.5. The molecule has 1 heterocycles. The van der Waals surface area contributed by atoms with E-state index in [1.54, 1.807) is 13.8 Å². The molecule has 0 spiro atoms. The maximum absolute atomic E-state index is 13.4. The van der Waals surface area contributed by atoms with Gasteiger partial charge in [-0.25, -0.2) is 4.79 Å². The molecule has 1 aliphatic heterocycles. The number of aliphatic imine (C=N–C) groups is 1. The van der Waals surface area contributed by atoms with E-state index in [1.165, 1.54) is 4.90 Å². The van der Waals surface area contributed by atoms with Gasteiger partial charge in [-0.2, -0.15) is 0 Å². The highest BCUT2D eigenvalue weighted by Crippen LogP contribution is 2.20. The zero-order valence-corrected chi connectivity index (χ0v) is 21.4. The number of carbonyl (C=O) groups excluding carboxylic acids is 3. The molecule has 2 rings (SSSR count). The SMILES string of the molecule is CC(C)C(NC(=O)C(Cc1ccccc1)NC(=O)C(N)CCCN=C(N)N)C(=O)N1CCCC1C(=O)O. The Bertz CT molecular complexity index is 965. The summed E-state index contributed by atoms with van der Waals surface area (Å²) < 4.78 is 0. The molecule has 4 atom stereocenters. The topological polar surface area (TPSA) is 206 Å². The summed E-state index contributed by atoms with van der Waals surface area (Å²) in [6.07, 6.45) is 1.91. The van der Waals surface area contributed by atoms with Crippen molar-refractivity contribution in [3.63, 3.8) is 0 Å². The van der Waals surface area contributed by atoms with Crippen LogP contribution in [0.25, 0.3) is 0 Å². The Morgan fingerprint density at radius 3 is 2.38 bits per heavy atom. The highest BCUT2D eigenvalue weighted by Gasteiger charge is 2.39. The van der Waals surface area contributed by atoms with Gasteiger partial charge in [0.1, 0.15) is 18.1 Å². The van der Waals surface area contributed by atoms with Crippen molar-refractivity contribution in [2.24, 2.45) is 28.1 Å². The molecule has 0 aliphatic carbocycles. The maximum atomic E-state index is 13.4. The van der Waals surface area contributed by atoms with Gasteiger partial charge in [-0.05, 0) is 37.2 Å². The summed E-state index contributed by atoms with van der Waals surface area (Å²) >= 11 is 0. The van der Waals surface area contributed by atoms with Crippen molar-refractivity contribution >= 4 is 29.7 Å². The van der Waals surface area contributed by atoms with Crippen LogP contribution in [0.2, 0.25) is 0 Å². The lowest BCUT2D eigenvalue weighted by Crippen LogP contribution is -2.59. The molecule has 0 bridgehead atoms. The number of aliphatic carboxylic acids is 1. The van der Waals surface area contributed by atoms with Crippen molar-refractivity contribution < 1.29 is 24.3 Å². The van der Waals surface area contributed by atoms with Crippen LogP contribution in [0.15, 0.2) is 35.3 Å². The zero-order valence-electron chi connectivity index (χ0n) is 21.4. The van der Waals surface area contributed by atoms with E-state index in [0.717, 1.165) is 5.56 Å². The van der Waals surface area contributed by atoms with E-state index < -0.39 is 47.9 Å². The fourth-order valence-electron chi connectivity index (χ4n) is 4.22. The minimum Gasteiger partial charge on any atom is -0.480 e. The molecule has 0 saturated carbocycles. The number of carbonyl (C=O) groups is 4. The maximum Gasteiger partial charge on any atom is 0.326 e. The van der Waals surface area contributed by atoms with Gasteiger partial charge in [0.2, 0.25) is 17.7 Å². The smallest absolute Gasteiger partial charge is 0.326 e. The number of hydrogen-bond acceptors (Lipinski definition) is 6.